The van der Waals surface area contributed by atoms with E-state index >= 15 is 0 Å². The molecule has 1 amide bonds. The van der Waals surface area contributed by atoms with Crippen LogP contribution in [0.3, 0.4) is 0 Å². The Hall–Kier alpha value is -1.35. The Labute approximate surface area is 110 Å². The molecule has 0 aliphatic rings. The maximum absolute atomic E-state index is 12.2. The summed E-state index contributed by atoms with van der Waals surface area (Å²) in [7, 11) is 1.81. The number of nitrogens with two attached hydrogens (primary N) is 1. The lowest BCUT2D eigenvalue weighted by molar-refractivity contribution is -0.121. The largest absolute Gasteiger partial charge is 0.330 e. The number of benzene rings is 1. The third kappa shape index (κ3) is 3.33. The van der Waals surface area contributed by atoms with Gasteiger partial charge in [0.25, 0.3) is 0 Å². The predicted molar refractivity (Wildman–Crippen MR) is 76.8 cm³/mol. The zero-order valence-corrected chi connectivity index (χ0v) is 11.8. The van der Waals surface area contributed by atoms with Gasteiger partial charge in [-0.1, -0.05) is 32.9 Å². The van der Waals surface area contributed by atoms with Crippen molar-refractivity contribution in [2.24, 2.45) is 11.7 Å². The minimum Gasteiger partial charge on any atom is -0.330 e. The van der Waals surface area contributed by atoms with Crippen molar-refractivity contribution in [1.29, 1.82) is 0 Å². The Morgan fingerprint density at radius 2 is 1.83 bits per heavy atom. The number of hydrogen-bond acceptors (Lipinski definition) is 2. The highest BCUT2D eigenvalue weighted by Gasteiger charge is 2.19. The molecule has 0 radical (unpaired) electrons. The van der Waals surface area contributed by atoms with Crippen molar-refractivity contribution >= 4 is 11.6 Å². The fourth-order valence-corrected chi connectivity index (χ4v) is 1.93. The maximum atomic E-state index is 12.2. The van der Waals surface area contributed by atoms with E-state index in [0.29, 0.717) is 12.5 Å². The van der Waals surface area contributed by atoms with E-state index in [1.807, 2.05) is 26.1 Å². The van der Waals surface area contributed by atoms with Crippen LogP contribution in [0.1, 0.15) is 38.7 Å². The number of rotatable bonds is 5. The number of nitrogens with zero attached hydrogens (tertiary/aromatic N) is 1. The van der Waals surface area contributed by atoms with E-state index in [1.54, 1.807) is 4.90 Å². The SMILES string of the molecule is CCC(CN)C(=O)N(C)c1ccc(C(C)C)cc1. The molecule has 0 heterocycles. The fraction of sp³-hybridized carbons (Fsp3) is 0.533. The summed E-state index contributed by atoms with van der Waals surface area (Å²) in [6.07, 6.45) is 0.781. The quantitative estimate of drug-likeness (QED) is 0.871. The molecule has 0 spiro atoms. The minimum absolute atomic E-state index is 0.0835. The second kappa shape index (κ2) is 6.55. The van der Waals surface area contributed by atoms with Crippen LogP contribution in [-0.2, 0) is 4.79 Å². The van der Waals surface area contributed by atoms with Crippen LogP contribution in [0.15, 0.2) is 24.3 Å². The van der Waals surface area contributed by atoms with Crippen LogP contribution >= 0.6 is 0 Å². The van der Waals surface area contributed by atoms with Crippen molar-refractivity contribution in [1.82, 2.24) is 0 Å². The summed E-state index contributed by atoms with van der Waals surface area (Å²) in [5, 5.41) is 0. The Kier molecular flexibility index (Phi) is 5.35. The third-order valence-electron chi connectivity index (χ3n) is 3.40. The van der Waals surface area contributed by atoms with E-state index in [4.69, 9.17) is 5.73 Å². The zero-order valence-electron chi connectivity index (χ0n) is 11.8. The molecule has 0 aromatic heterocycles. The summed E-state index contributed by atoms with van der Waals surface area (Å²) in [5.74, 6) is 0.518. The van der Waals surface area contributed by atoms with Crippen LogP contribution < -0.4 is 10.6 Å². The van der Waals surface area contributed by atoms with Gasteiger partial charge < -0.3 is 10.6 Å². The summed E-state index contributed by atoms with van der Waals surface area (Å²) < 4.78 is 0. The van der Waals surface area contributed by atoms with Gasteiger partial charge in [0.2, 0.25) is 5.91 Å². The molecular weight excluding hydrogens is 224 g/mol. The van der Waals surface area contributed by atoms with E-state index in [0.717, 1.165) is 12.1 Å². The van der Waals surface area contributed by atoms with Gasteiger partial charge in [-0.2, -0.15) is 0 Å². The van der Waals surface area contributed by atoms with Crippen LogP contribution in [0.5, 0.6) is 0 Å². The van der Waals surface area contributed by atoms with Gasteiger partial charge in [-0.25, -0.2) is 0 Å². The number of carbonyl (C=O) groups excluding carboxylic acids is 1. The topological polar surface area (TPSA) is 46.3 Å². The first kappa shape index (κ1) is 14.7. The molecule has 1 atom stereocenters. The molecule has 100 valence electrons. The minimum atomic E-state index is -0.0835. The molecule has 3 heteroatoms. The van der Waals surface area contributed by atoms with Gasteiger partial charge in [0.15, 0.2) is 0 Å². The average molecular weight is 248 g/mol. The molecule has 0 aliphatic heterocycles. The molecule has 0 aliphatic carbocycles. The van der Waals surface area contributed by atoms with Gasteiger partial charge in [0, 0.05) is 19.3 Å². The normalized spacial score (nSPS) is 12.6. The molecule has 1 aromatic rings. The first-order chi connectivity index (χ1) is 8.51. The Morgan fingerprint density at radius 3 is 2.22 bits per heavy atom. The van der Waals surface area contributed by atoms with Crippen LogP contribution in [0.2, 0.25) is 0 Å². The molecule has 3 nitrogen and oxygen atoms in total. The van der Waals surface area contributed by atoms with Gasteiger partial charge in [0.1, 0.15) is 0 Å². The van der Waals surface area contributed by atoms with E-state index in [1.165, 1.54) is 5.56 Å². The number of carbonyl (C=O) groups is 1. The first-order valence-corrected chi connectivity index (χ1v) is 6.58. The van der Waals surface area contributed by atoms with Crippen LogP contribution in [0.25, 0.3) is 0 Å². The molecule has 1 unspecified atom stereocenters. The van der Waals surface area contributed by atoms with E-state index in [2.05, 4.69) is 26.0 Å². The van der Waals surface area contributed by atoms with Gasteiger partial charge in [-0.05, 0) is 30.0 Å². The lowest BCUT2D eigenvalue weighted by Gasteiger charge is -2.22. The second-order valence-corrected chi connectivity index (χ2v) is 4.98. The van der Waals surface area contributed by atoms with Gasteiger partial charge in [-0.3, -0.25) is 4.79 Å². The first-order valence-electron chi connectivity index (χ1n) is 6.58. The molecule has 0 saturated heterocycles. The Bertz CT molecular complexity index is 380. The molecule has 18 heavy (non-hydrogen) atoms. The smallest absolute Gasteiger partial charge is 0.231 e. The lowest BCUT2D eigenvalue weighted by atomic mass is 10.0. The average Bonchev–Trinajstić information content (AvgIpc) is 2.39. The standard InChI is InChI=1S/C15H24N2O/c1-5-12(10-16)15(18)17(4)14-8-6-13(7-9-14)11(2)3/h6-9,11-12H,5,10,16H2,1-4H3. The van der Waals surface area contributed by atoms with Crippen molar-refractivity contribution in [2.45, 2.75) is 33.1 Å². The molecule has 2 N–H and O–H groups in total. The highest BCUT2D eigenvalue weighted by Crippen LogP contribution is 2.20. The summed E-state index contributed by atoms with van der Waals surface area (Å²) in [6, 6.07) is 8.15. The van der Waals surface area contributed by atoms with E-state index in [9.17, 15) is 4.79 Å². The summed E-state index contributed by atoms with van der Waals surface area (Å²) in [5.41, 5.74) is 7.83. The van der Waals surface area contributed by atoms with Crippen molar-refractivity contribution < 1.29 is 4.79 Å². The second-order valence-electron chi connectivity index (χ2n) is 4.98. The molecule has 0 fully saturated rings. The van der Waals surface area contributed by atoms with E-state index in [-0.39, 0.29) is 11.8 Å². The molecular formula is C15H24N2O. The van der Waals surface area contributed by atoms with Gasteiger partial charge >= 0.3 is 0 Å². The zero-order chi connectivity index (χ0) is 13.7. The van der Waals surface area contributed by atoms with Gasteiger partial charge in [-0.15, -0.1) is 0 Å². The lowest BCUT2D eigenvalue weighted by Crippen LogP contribution is -2.36. The monoisotopic (exact) mass is 248 g/mol. The summed E-state index contributed by atoms with van der Waals surface area (Å²) in [4.78, 5) is 13.9. The van der Waals surface area contributed by atoms with Crippen molar-refractivity contribution in [3.05, 3.63) is 29.8 Å². The summed E-state index contributed by atoms with van der Waals surface area (Å²) in [6.45, 7) is 6.71. The number of amides is 1. The van der Waals surface area contributed by atoms with Crippen molar-refractivity contribution in [2.75, 3.05) is 18.5 Å². The Balaban J connectivity index is 2.83. The number of anilines is 1. The molecule has 0 saturated carbocycles. The molecule has 1 aromatic carbocycles. The summed E-state index contributed by atoms with van der Waals surface area (Å²) >= 11 is 0. The van der Waals surface area contributed by atoms with Crippen LogP contribution in [-0.4, -0.2) is 19.5 Å². The van der Waals surface area contributed by atoms with Crippen molar-refractivity contribution in [3.63, 3.8) is 0 Å². The van der Waals surface area contributed by atoms with Crippen LogP contribution in [0.4, 0.5) is 5.69 Å². The van der Waals surface area contributed by atoms with Crippen molar-refractivity contribution in [3.8, 4) is 0 Å². The van der Waals surface area contributed by atoms with Crippen LogP contribution in [0, 0.1) is 5.92 Å². The Morgan fingerprint density at radius 1 is 1.28 bits per heavy atom. The maximum Gasteiger partial charge on any atom is 0.231 e. The highest BCUT2D eigenvalue weighted by atomic mass is 16.2. The van der Waals surface area contributed by atoms with Gasteiger partial charge in [0.05, 0.1) is 5.92 Å². The molecule has 1 rings (SSSR count). The highest BCUT2D eigenvalue weighted by molar-refractivity contribution is 5.94. The fourth-order valence-electron chi connectivity index (χ4n) is 1.93. The molecule has 0 bridgehead atoms. The third-order valence-corrected chi connectivity index (χ3v) is 3.40. The number of hydrogen-bond donors (Lipinski definition) is 1. The predicted octanol–water partition coefficient (Wildman–Crippen LogP) is 2.76. The van der Waals surface area contributed by atoms with E-state index < -0.39 is 0 Å².